The Morgan fingerprint density at radius 1 is 0.882 bits per heavy atom. The number of aromatic nitrogens is 2. The molecule has 0 spiro atoms. The second kappa shape index (κ2) is 9.21. The minimum absolute atomic E-state index is 0.129. The summed E-state index contributed by atoms with van der Waals surface area (Å²) in [6.07, 6.45) is 0. The van der Waals surface area contributed by atoms with Gasteiger partial charge in [0.2, 0.25) is 0 Å². The number of thiophene rings is 1. The van der Waals surface area contributed by atoms with Crippen molar-refractivity contribution in [3.05, 3.63) is 94.7 Å². The van der Waals surface area contributed by atoms with E-state index in [4.69, 9.17) is 4.74 Å². The molecule has 0 aliphatic rings. The van der Waals surface area contributed by atoms with Crippen molar-refractivity contribution >= 4 is 45.6 Å². The van der Waals surface area contributed by atoms with E-state index in [2.05, 4.69) is 20.6 Å². The molecule has 0 fully saturated rings. The van der Waals surface area contributed by atoms with E-state index in [1.165, 1.54) is 11.3 Å². The lowest BCUT2D eigenvalue weighted by Gasteiger charge is -2.06. The first-order valence-electron chi connectivity index (χ1n) is 10.5. The number of carbonyl (C=O) groups is 2. The third kappa shape index (κ3) is 4.53. The van der Waals surface area contributed by atoms with Crippen LogP contribution in [-0.4, -0.2) is 28.9 Å². The molecule has 168 valence electrons. The van der Waals surface area contributed by atoms with E-state index >= 15 is 0 Å². The fourth-order valence-electron chi connectivity index (χ4n) is 3.48. The molecule has 0 unspecified atom stereocenters. The molecule has 8 heteroatoms. The number of fused-ring (bicyclic) bond motifs is 1. The number of H-pyrrole nitrogens is 1. The minimum Gasteiger partial charge on any atom is -0.497 e. The van der Waals surface area contributed by atoms with Crippen LogP contribution < -0.4 is 15.4 Å². The van der Waals surface area contributed by atoms with Gasteiger partial charge in [0.15, 0.2) is 0 Å². The Labute approximate surface area is 199 Å². The summed E-state index contributed by atoms with van der Waals surface area (Å²) in [6.45, 7) is 0. The number of hydrogen-bond acceptors (Lipinski definition) is 5. The van der Waals surface area contributed by atoms with Gasteiger partial charge in [0.25, 0.3) is 11.8 Å². The topological polar surface area (TPSA) is 96.1 Å². The lowest BCUT2D eigenvalue weighted by Crippen LogP contribution is -2.11. The molecule has 0 saturated carbocycles. The summed E-state index contributed by atoms with van der Waals surface area (Å²) in [6, 6.07) is 23.6. The number of nitrogens with zero attached hydrogens (tertiary/aromatic N) is 1. The van der Waals surface area contributed by atoms with Crippen molar-refractivity contribution in [2.45, 2.75) is 0 Å². The number of nitrogens with one attached hydrogen (secondary N) is 3. The number of imidazole rings is 1. The van der Waals surface area contributed by atoms with Gasteiger partial charge in [-0.15, -0.1) is 11.3 Å². The quantitative estimate of drug-likeness (QED) is 0.293. The SMILES string of the molecule is COc1ccc(C(=O)Nc2ccc3nc(-c4ccc(NC(=O)c5cccs5)cc4)[nH]c3c2)cc1. The smallest absolute Gasteiger partial charge is 0.265 e. The molecule has 34 heavy (non-hydrogen) atoms. The molecule has 2 amide bonds. The van der Waals surface area contributed by atoms with Gasteiger partial charge in [-0.3, -0.25) is 9.59 Å². The van der Waals surface area contributed by atoms with Crippen molar-refractivity contribution in [1.82, 2.24) is 9.97 Å². The number of anilines is 2. The van der Waals surface area contributed by atoms with Gasteiger partial charge in [-0.05, 0) is 78.2 Å². The predicted molar refractivity (Wildman–Crippen MR) is 135 cm³/mol. The summed E-state index contributed by atoms with van der Waals surface area (Å²) in [5.41, 5.74) is 4.38. The molecule has 3 N–H and O–H groups in total. The van der Waals surface area contributed by atoms with Crippen LogP contribution in [0.3, 0.4) is 0 Å². The van der Waals surface area contributed by atoms with Crippen molar-refractivity contribution in [1.29, 1.82) is 0 Å². The fraction of sp³-hybridized carbons (Fsp3) is 0.0385. The molecular formula is C26H20N4O3S. The highest BCUT2D eigenvalue weighted by atomic mass is 32.1. The van der Waals surface area contributed by atoms with Gasteiger partial charge in [-0.1, -0.05) is 6.07 Å². The Hall–Kier alpha value is -4.43. The average Bonchev–Trinajstić information content (AvgIpc) is 3.55. The molecule has 5 rings (SSSR count). The largest absolute Gasteiger partial charge is 0.497 e. The molecular weight excluding hydrogens is 448 g/mol. The van der Waals surface area contributed by atoms with Crippen LogP contribution in [0.4, 0.5) is 11.4 Å². The monoisotopic (exact) mass is 468 g/mol. The summed E-state index contributed by atoms with van der Waals surface area (Å²) >= 11 is 1.40. The van der Waals surface area contributed by atoms with Crippen molar-refractivity contribution in [3.63, 3.8) is 0 Å². The van der Waals surface area contributed by atoms with Gasteiger partial charge in [0.05, 0.1) is 23.0 Å². The summed E-state index contributed by atoms with van der Waals surface area (Å²) < 4.78 is 5.13. The van der Waals surface area contributed by atoms with Crippen molar-refractivity contribution < 1.29 is 14.3 Å². The Bertz CT molecular complexity index is 1460. The number of carbonyl (C=O) groups excluding carboxylic acids is 2. The minimum atomic E-state index is -0.207. The molecule has 2 heterocycles. The van der Waals surface area contributed by atoms with E-state index in [0.29, 0.717) is 33.4 Å². The standard InChI is InChI=1S/C26H20N4O3S/c1-33-20-11-6-17(7-12-20)25(31)28-19-10-13-21-22(15-19)30-24(29-21)16-4-8-18(9-5-16)27-26(32)23-3-2-14-34-23/h2-15H,1H3,(H,27,32)(H,28,31)(H,29,30). The molecule has 0 atom stereocenters. The predicted octanol–water partition coefficient (Wildman–Crippen LogP) is 5.80. The zero-order chi connectivity index (χ0) is 23.5. The molecule has 0 aliphatic heterocycles. The van der Waals surface area contributed by atoms with E-state index in [9.17, 15) is 9.59 Å². The molecule has 0 radical (unpaired) electrons. The lowest BCUT2D eigenvalue weighted by atomic mass is 10.2. The van der Waals surface area contributed by atoms with Crippen LogP contribution in [-0.2, 0) is 0 Å². The van der Waals surface area contributed by atoms with Crippen molar-refractivity contribution in [2.75, 3.05) is 17.7 Å². The van der Waals surface area contributed by atoms with E-state index < -0.39 is 0 Å². The number of amides is 2. The van der Waals surface area contributed by atoms with Crippen LogP contribution in [0.25, 0.3) is 22.4 Å². The Balaban J connectivity index is 1.30. The normalized spacial score (nSPS) is 10.7. The van der Waals surface area contributed by atoms with Crippen LogP contribution in [0.1, 0.15) is 20.0 Å². The number of ether oxygens (including phenoxy) is 1. The highest BCUT2D eigenvalue weighted by Gasteiger charge is 2.11. The first-order valence-corrected chi connectivity index (χ1v) is 11.4. The summed E-state index contributed by atoms with van der Waals surface area (Å²) in [4.78, 5) is 33.4. The number of hydrogen-bond donors (Lipinski definition) is 3. The van der Waals surface area contributed by atoms with Crippen molar-refractivity contribution in [3.8, 4) is 17.1 Å². The summed E-state index contributed by atoms with van der Waals surface area (Å²) in [5, 5.41) is 7.67. The highest BCUT2D eigenvalue weighted by Crippen LogP contribution is 2.25. The van der Waals surface area contributed by atoms with E-state index in [-0.39, 0.29) is 11.8 Å². The Morgan fingerprint density at radius 3 is 2.32 bits per heavy atom. The van der Waals surface area contributed by atoms with Gasteiger partial charge < -0.3 is 20.4 Å². The molecule has 5 aromatic rings. The maximum Gasteiger partial charge on any atom is 0.265 e. The Kier molecular flexibility index (Phi) is 5.80. The van der Waals surface area contributed by atoms with Crippen LogP contribution in [0, 0.1) is 0 Å². The maximum atomic E-state index is 12.6. The Morgan fingerprint density at radius 2 is 1.62 bits per heavy atom. The number of methoxy groups -OCH3 is 1. The first kappa shape index (κ1) is 21.4. The van der Waals surface area contributed by atoms with Crippen LogP contribution in [0.2, 0.25) is 0 Å². The number of benzene rings is 3. The second-order valence-corrected chi connectivity index (χ2v) is 8.46. The van der Waals surface area contributed by atoms with E-state index in [1.807, 2.05) is 53.9 Å². The molecule has 3 aromatic carbocycles. The van der Waals surface area contributed by atoms with Crippen LogP contribution >= 0.6 is 11.3 Å². The number of aromatic amines is 1. The van der Waals surface area contributed by atoms with Crippen molar-refractivity contribution in [2.24, 2.45) is 0 Å². The summed E-state index contributed by atoms with van der Waals surface area (Å²) in [5.74, 6) is 1.06. The molecule has 2 aromatic heterocycles. The highest BCUT2D eigenvalue weighted by molar-refractivity contribution is 7.12. The van der Waals surface area contributed by atoms with Crippen LogP contribution in [0.15, 0.2) is 84.2 Å². The van der Waals surface area contributed by atoms with Gasteiger partial charge in [-0.25, -0.2) is 4.98 Å². The van der Waals surface area contributed by atoms with Gasteiger partial charge in [0.1, 0.15) is 11.6 Å². The van der Waals surface area contributed by atoms with Gasteiger partial charge >= 0.3 is 0 Å². The molecule has 0 bridgehead atoms. The van der Waals surface area contributed by atoms with Gasteiger partial charge in [0, 0.05) is 22.5 Å². The first-order chi connectivity index (χ1) is 16.6. The third-order valence-electron chi connectivity index (χ3n) is 5.25. The van der Waals surface area contributed by atoms with Crippen LogP contribution in [0.5, 0.6) is 5.75 Å². The fourth-order valence-corrected chi connectivity index (χ4v) is 4.10. The van der Waals surface area contributed by atoms with E-state index in [1.54, 1.807) is 37.4 Å². The maximum absolute atomic E-state index is 12.6. The van der Waals surface area contributed by atoms with E-state index in [0.717, 1.165) is 16.6 Å². The zero-order valence-electron chi connectivity index (χ0n) is 18.2. The third-order valence-corrected chi connectivity index (χ3v) is 6.12. The second-order valence-electron chi connectivity index (χ2n) is 7.51. The zero-order valence-corrected chi connectivity index (χ0v) is 19.0. The molecule has 7 nitrogen and oxygen atoms in total. The summed E-state index contributed by atoms with van der Waals surface area (Å²) in [7, 11) is 1.58. The average molecular weight is 469 g/mol. The molecule has 0 aliphatic carbocycles. The lowest BCUT2D eigenvalue weighted by molar-refractivity contribution is 0.102. The molecule has 0 saturated heterocycles. The number of rotatable bonds is 6. The van der Waals surface area contributed by atoms with Gasteiger partial charge in [-0.2, -0.15) is 0 Å².